The summed E-state index contributed by atoms with van der Waals surface area (Å²) < 4.78 is 2.79. The molecular weight excluding hydrogens is 188 g/mol. The Labute approximate surface area is 79.1 Å². The first-order valence-corrected chi connectivity index (χ1v) is 4.73. The first-order valence-electron chi connectivity index (χ1n) is 3.44. The Kier molecular flexibility index (Phi) is 2.01. The molecule has 12 heavy (non-hydrogen) atoms. The van der Waals surface area contributed by atoms with E-state index >= 15 is 0 Å². The smallest absolute Gasteiger partial charge is 0.165 e. The van der Waals surface area contributed by atoms with E-state index in [0.29, 0.717) is 0 Å². The van der Waals surface area contributed by atoms with Gasteiger partial charge in [-0.1, -0.05) is 0 Å². The standard InChI is InChI=1S/C8H6N2S2/c11-8-10(4-5-12-8)7-2-1-3-9-6-7/h1-6H. The van der Waals surface area contributed by atoms with Gasteiger partial charge >= 0.3 is 0 Å². The zero-order chi connectivity index (χ0) is 8.39. The van der Waals surface area contributed by atoms with Gasteiger partial charge in [-0.2, -0.15) is 0 Å². The second kappa shape index (κ2) is 3.16. The Morgan fingerprint density at radius 1 is 1.50 bits per heavy atom. The summed E-state index contributed by atoms with van der Waals surface area (Å²) in [6, 6.07) is 3.88. The van der Waals surface area contributed by atoms with Crippen LogP contribution in [0.1, 0.15) is 0 Å². The van der Waals surface area contributed by atoms with Crippen LogP contribution in [-0.4, -0.2) is 9.55 Å². The van der Waals surface area contributed by atoms with E-state index in [1.165, 1.54) is 0 Å². The molecule has 0 saturated heterocycles. The SMILES string of the molecule is S=c1sccn1-c1cccnc1. The van der Waals surface area contributed by atoms with E-state index in [-0.39, 0.29) is 0 Å². The van der Waals surface area contributed by atoms with Crippen LogP contribution in [0.15, 0.2) is 36.1 Å². The van der Waals surface area contributed by atoms with Crippen LogP contribution in [0, 0.1) is 3.95 Å². The molecule has 2 nitrogen and oxygen atoms in total. The van der Waals surface area contributed by atoms with Crippen molar-refractivity contribution in [3.05, 3.63) is 40.1 Å². The molecule has 0 fully saturated rings. The number of hydrogen-bond acceptors (Lipinski definition) is 3. The van der Waals surface area contributed by atoms with Crippen LogP contribution in [0.3, 0.4) is 0 Å². The molecule has 0 aliphatic carbocycles. The number of pyridine rings is 1. The molecule has 0 atom stereocenters. The van der Waals surface area contributed by atoms with Crippen molar-refractivity contribution >= 4 is 23.6 Å². The number of rotatable bonds is 1. The predicted octanol–water partition coefficient (Wildman–Crippen LogP) is 2.66. The largest absolute Gasteiger partial charge is 0.297 e. The maximum absolute atomic E-state index is 5.12. The van der Waals surface area contributed by atoms with Crippen molar-refractivity contribution in [2.75, 3.05) is 0 Å². The van der Waals surface area contributed by atoms with Gasteiger partial charge in [0.05, 0.1) is 11.9 Å². The first-order chi connectivity index (χ1) is 5.88. The second-order valence-electron chi connectivity index (χ2n) is 2.25. The topological polar surface area (TPSA) is 17.8 Å². The van der Waals surface area contributed by atoms with Crippen LogP contribution < -0.4 is 0 Å². The number of aromatic nitrogens is 2. The molecule has 2 heterocycles. The lowest BCUT2D eigenvalue weighted by Crippen LogP contribution is -1.90. The fraction of sp³-hybridized carbons (Fsp3) is 0. The third-order valence-electron chi connectivity index (χ3n) is 1.50. The van der Waals surface area contributed by atoms with Crippen LogP contribution in [0.2, 0.25) is 0 Å². The van der Waals surface area contributed by atoms with Gasteiger partial charge in [-0.25, -0.2) is 0 Å². The van der Waals surface area contributed by atoms with E-state index in [0.717, 1.165) is 9.64 Å². The van der Waals surface area contributed by atoms with Gasteiger partial charge in [-0.3, -0.25) is 9.55 Å². The average Bonchev–Trinajstić information content (AvgIpc) is 2.53. The van der Waals surface area contributed by atoms with E-state index in [9.17, 15) is 0 Å². The Balaban J connectivity index is 2.59. The molecule has 0 radical (unpaired) electrons. The third-order valence-corrected chi connectivity index (χ3v) is 2.64. The van der Waals surface area contributed by atoms with Gasteiger partial charge in [0.2, 0.25) is 0 Å². The lowest BCUT2D eigenvalue weighted by molar-refractivity contribution is 1.05. The molecule has 0 aliphatic heterocycles. The van der Waals surface area contributed by atoms with Crippen molar-refractivity contribution in [1.82, 2.24) is 9.55 Å². The number of thiazole rings is 1. The first kappa shape index (κ1) is 7.64. The number of hydrogen-bond donors (Lipinski definition) is 0. The minimum Gasteiger partial charge on any atom is -0.297 e. The van der Waals surface area contributed by atoms with Crippen LogP contribution in [0.25, 0.3) is 5.69 Å². The monoisotopic (exact) mass is 194 g/mol. The van der Waals surface area contributed by atoms with E-state index in [4.69, 9.17) is 12.2 Å². The zero-order valence-corrected chi connectivity index (χ0v) is 7.81. The van der Waals surface area contributed by atoms with Gasteiger partial charge < -0.3 is 0 Å². The maximum Gasteiger partial charge on any atom is 0.165 e. The summed E-state index contributed by atoms with van der Waals surface area (Å²) >= 11 is 6.67. The molecule has 2 rings (SSSR count). The predicted molar refractivity (Wildman–Crippen MR) is 52.3 cm³/mol. The zero-order valence-electron chi connectivity index (χ0n) is 6.18. The highest BCUT2D eigenvalue weighted by Gasteiger charge is 1.94. The van der Waals surface area contributed by atoms with E-state index in [2.05, 4.69) is 4.98 Å². The lowest BCUT2D eigenvalue weighted by Gasteiger charge is -1.98. The van der Waals surface area contributed by atoms with E-state index in [1.54, 1.807) is 23.7 Å². The summed E-state index contributed by atoms with van der Waals surface area (Å²) in [5, 5.41) is 1.97. The average molecular weight is 194 g/mol. The third kappa shape index (κ3) is 1.31. The molecule has 0 aromatic carbocycles. The molecule has 0 saturated carbocycles. The lowest BCUT2D eigenvalue weighted by atomic mass is 10.4. The maximum atomic E-state index is 5.12. The van der Waals surface area contributed by atoms with E-state index < -0.39 is 0 Å². The second-order valence-corrected chi connectivity index (χ2v) is 3.79. The quantitative estimate of drug-likeness (QED) is 0.649. The minimum absolute atomic E-state index is 0.850. The van der Waals surface area contributed by atoms with Crippen molar-refractivity contribution in [3.8, 4) is 5.69 Å². The Bertz CT molecular complexity index is 416. The summed E-state index contributed by atoms with van der Waals surface area (Å²) in [6.07, 6.45) is 5.49. The van der Waals surface area contributed by atoms with Gasteiger partial charge in [-0.15, -0.1) is 11.3 Å². The van der Waals surface area contributed by atoms with Gasteiger partial charge in [0.15, 0.2) is 3.95 Å². The molecule has 0 aliphatic rings. The molecule has 60 valence electrons. The molecule has 2 aromatic heterocycles. The molecule has 0 spiro atoms. The molecule has 2 aromatic rings. The van der Waals surface area contributed by atoms with Crippen molar-refractivity contribution < 1.29 is 0 Å². The van der Waals surface area contributed by atoms with Gasteiger partial charge in [0, 0.05) is 17.8 Å². The van der Waals surface area contributed by atoms with Gasteiger partial charge in [0.1, 0.15) is 0 Å². The summed E-state index contributed by atoms with van der Waals surface area (Å²) in [4.78, 5) is 4.02. The van der Waals surface area contributed by atoms with Gasteiger partial charge in [-0.05, 0) is 24.4 Å². The molecule has 0 N–H and O–H groups in total. The summed E-state index contributed by atoms with van der Waals surface area (Å²) in [5.41, 5.74) is 1.02. The van der Waals surface area contributed by atoms with Crippen molar-refractivity contribution in [1.29, 1.82) is 0 Å². The van der Waals surface area contributed by atoms with Crippen LogP contribution >= 0.6 is 23.6 Å². The Morgan fingerprint density at radius 2 is 2.42 bits per heavy atom. The number of nitrogens with zero attached hydrogens (tertiary/aromatic N) is 2. The Morgan fingerprint density at radius 3 is 3.00 bits per heavy atom. The van der Waals surface area contributed by atoms with Crippen molar-refractivity contribution in [3.63, 3.8) is 0 Å². The normalized spacial score (nSPS) is 10.0. The fourth-order valence-corrected chi connectivity index (χ4v) is 1.87. The van der Waals surface area contributed by atoms with Crippen molar-refractivity contribution in [2.45, 2.75) is 0 Å². The fourth-order valence-electron chi connectivity index (χ4n) is 0.955. The van der Waals surface area contributed by atoms with Crippen LogP contribution in [-0.2, 0) is 0 Å². The Hall–Kier alpha value is -1.00. The highest BCUT2D eigenvalue weighted by atomic mass is 32.1. The highest BCUT2D eigenvalue weighted by Crippen LogP contribution is 2.10. The minimum atomic E-state index is 0.850. The van der Waals surface area contributed by atoms with Crippen LogP contribution in [0.5, 0.6) is 0 Å². The van der Waals surface area contributed by atoms with Crippen LogP contribution in [0.4, 0.5) is 0 Å². The van der Waals surface area contributed by atoms with Crippen molar-refractivity contribution in [2.24, 2.45) is 0 Å². The summed E-state index contributed by atoms with van der Waals surface area (Å²) in [7, 11) is 0. The molecule has 4 heteroatoms. The molecule has 0 unspecified atom stereocenters. The molecule has 0 bridgehead atoms. The summed E-state index contributed by atoms with van der Waals surface area (Å²) in [6.45, 7) is 0. The summed E-state index contributed by atoms with van der Waals surface area (Å²) in [5.74, 6) is 0. The highest BCUT2D eigenvalue weighted by molar-refractivity contribution is 7.73. The molecule has 0 amide bonds. The van der Waals surface area contributed by atoms with Gasteiger partial charge in [0.25, 0.3) is 0 Å². The molecular formula is C8H6N2S2. The van der Waals surface area contributed by atoms with E-state index in [1.807, 2.05) is 28.3 Å².